The summed E-state index contributed by atoms with van der Waals surface area (Å²) in [5.74, 6) is 0. The molecule has 10 rings (SSSR count). The van der Waals surface area contributed by atoms with E-state index in [1.807, 2.05) is 0 Å². The van der Waals surface area contributed by atoms with Crippen LogP contribution in [0.3, 0.4) is 0 Å². The Hall–Kier alpha value is -7.20. The van der Waals surface area contributed by atoms with Crippen LogP contribution >= 0.6 is 0 Å². The summed E-state index contributed by atoms with van der Waals surface area (Å²) < 4.78 is 0. The highest BCUT2D eigenvalue weighted by Gasteiger charge is 2.50. The minimum atomic E-state index is -3.13. The Balaban J connectivity index is 1.37. The van der Waals surface area contributed by atoms with Gasteiger partial charge in [0.2, 0.25) is 0 Å². The van der Waals surface area contributed by atoms with Gasteiger partial charge in [-0.1, -0.05) is 197 Å². The molecule has 0 amide bonds. The Morgan fingerprint density at radius 2 is 0.803 bits per heavy atom. The molecule has 1 heterocycles. The van der Waals surface area contributed by atoms with E-state index < -0.39 is 8.07 Å². The molecular formula is C58H48N2Si. The maximum absolute atomic E-state index is 3.13. The molecule has 0 radical (unpaired) electrons. The van der Waals surface area contributed by atoms with Gasteiger partial charge in [0.25, 0.3) is 0 Å². The molecule has 1 aliphatic heterocycles. The van der Waals surface area contributed by atoms with Gasteiger partial charge in [0.1, 0.15) is 0 Å². The van der Waals surface area contributed by atoms with Crippen molar-refractivity contribution in [2.45, 2.75) is 26.2 Å². The fourth-order valence-corrected chi connectivity index (χ4v) is 14.5. The quantitative estimate of drug-likeness (QED) is 0.141. The van der Waals surface area contributed by atoms with E-state index in [4.69, 9.17) is 0 Å². The molecule has 9 aromatic rings. The fraction of sp³-hybridized carbons (Fsp3) is 0.0690. The molecule has 3 heteroatoms. The summed E-state index contributed by atoms with van der Waals surface area (Å²) in [5.41, 5.74) is 13.1. The number of fused-ring (bicyclic) bond motifs is 2. The zero-order valence-corrected chi connectivity index (χ0v) is 35.9. The van der Waals surface area contributed by atoms with E-state index >= 15 is 0 Å². The molecule has 0 aliphatic carbocycles. The highest BCUT2D eigenvalue weighted by Crippen LogP contribution is 2.45. The Bertz CT molecular complexity index is 2830. The van der Waals surface area contributed by atoms with E-state index in [9.17, 15) is 0 Å². The van der Waals surface area contributed by atoms with Crippen molar-refractivity contribution in [1.82, 2.24) is 0 Å². The zero-order valence-electron chi connectivity index (χ0n) is 34.9. The molecule has 2 nitrogen and oxygen atoms in total. The summed E-state index contributed by atoms with van der Waals surface area (Å²) in [5, 5.41) is 5.40. The average Bonchev–Trinajstić information content (AvgIpc) is 3.32. The van der Waals surface area contributed by atoms with Crippen LogP contribution in [0.1, 0.15) is 26.3 Å². The van der Waals surface area contributed by atoms with Gasteiger partial charge in [-0.15, -0.1) is 0 Å². The van der Waals surface area contributed by atoms with Gasteiger partial charge in [0, 0.05) is 34.1 Å². The van der Waals surface area contributed by atoms with Gasteiger partial charge >= 0.3 is 0 Å². The molecule has 0 atom stereocenters. The monoisotopic (exact) mass is 800 g/mol. The lowest BCUT2D eigenvalue weighted by atomic mass is 9.87. The normalized spacial score (nSPS) is 12.9. The van der Waals surface area contributed by atoms with Crippen LogP contribution in [-0.2, 0) is 5.41 Å². The van der Waals surface area contributed by atoms with Crippen LogP contribution in [0.15, 0.2) is 237 Å². The van der Waals surface area contributed by atoms with Crippen LogP contribution in [0.2, 0.25) is 0 Å². The van der Waals surface area contributed by atoms with Gasteiger partial charge in [0.15, 0.2) is 8.07 Å². The number of benzene rings is 9. The number of hydrogen-bond acceptors (Lipinski definition) is 2. The van der Waals surface area contributed by atoms with Crippen molar-refractivity contribution in [3.05, 3.63) is 242 Å². The largest absolute Gasteiger partial charge is 0.311 e. The first-order chi connectivity index (χ1) is 29.9. The third kappa shape index (κ3) is 6.78. The van der Waals surface area contributed by atoms with Crippen molar-refractivity contribution in [1.29, 1.82) is 0 Å². The average molecular weight is 801 g/mol. The molecule has 0 spiro atoms. The first-order valence-corrected chi connectivity index (χ1v) is 23.3. The van der Waals surface area contributed by atoms with Crippen LogP contribution < -0.4 is 30.5 Å². The van der Waals surface area contributed by atoms with Crippen molar-refractivity contribution < 1.29 is 0 Å². The minimum absolute atomic E-state index is 0.0250. The molecule has 0 saturated heterocycles. The first-order valence-electron chi connectivity index (χ1n) is 21.3. The molecule has 0 N–H and O–H groups in total. The number of para-hydroxylation sites is 2. The first kappa shape index (κ1) is 38.0. The van der Waals surface area contributed by atoms with E-state index in [0.29, 0.717) is 0 Å². The van der Waals surface area contributed by atoms with Crippen molar-refractivity contribution in [3.8, 4) is 22.3 Å². The van der Waals surface area contributed by atoms with Crippen LogP contribution in [0.25, 0.3) is 22.3 Å². The zero-order chi connectivity index (χ0) is 41.4. The van der Waals surface area contributed by atoms with Crippen LogP contribution in [0.5, 0.6) is 0 Å². The maximum Gasteiger partial charge on any atom is 0.184 e. The van der Waals surface area contributed by atoms with Crippen LogP contribution in [0.4, 0.5) is 34.1 Å². The molecule has 0 fully saturated rings. The van der Waals surface area contributed by atoms with Gasteiger partial charge < -0.3 is 9.80 Å². The molecule has 1 aliphatic rings. The van der Waals surface area contributed by atoms with E-state index in [1.165, 1.54) is 59.9 Å². The minimum Gasteiger partial charge on any atom is -0.311 e. The number of anilines is 6. The van der Waals surface area contributed by atoms with Gasteiger partial charge in [-0.3, -0.25) is 0 Å². The Kier molecular flexibility index (Phi) is 9.83. The second-order valence-corrected chi connectivity index (χ2v) is 20.7. The molecule has 61 heavy (non-hydrogen) atoms. The third-order valence-corrected chi connectivity index (χ3v) is 17.1. The van der Waals surface area contributed by atoms with Gasteiger partial charge in [0.05, 0.1) is 0 Å². The van der Waals surface area contributed by atoms with E-state index in [0.717, 1.165) is 22.7 Å². The Labute approximate surface area is 361 Å². The molecule has 0 unspecified atom stereocenters. The molecule has 0 aromatic heterocycles. The lowest BCUT2D eigenvalue weighted by Crippen LogP contribution is -2.77. The maximum atomic E-state index is 2.57. The van der Waals surface area contributed by atoms with Gasteiger partial charge in [-0.25, -0.2) is 0 Å². The number of rotatable bonds is 8. The molecule has 294 valence electrons. The standard InChI is InChI=1S/C58H48N2Si/c1-58(2,3)45-34-36-48(37-35-45)60-54-39-38-49(59(46-26-14-6-15-27-46)47-28-16-7-17-29-47)40-56(54)61(50-30-18-8-19-31-50,51-32-20-9-21-33-51)57-42-53(44-24-12-5-13-25-44)52(41-55(57)60)43-22-10-4-11-23-43/h4-42H,1-3H3. The lowest BCUT2D eigenvalue weighted by Gasteiger charge is -2.46. The Morgan fingerprint density at radius 3 is 1.28 bits per heavy atom. The second-order valence-electron chi connectivity index (χ2n) is 17.0. The highest BCUT2D eigenvalue weighted by molar-refractivity contribution is 7.21. The van der Waals surface area contributed by atoms with Crippen LogP contribution in [0, 0.1) is 0 Å². The predicted molar refractivity (Wildman–Crippen MR) is 263 cm³/mol. The van der Waals surface area contributed by atoms with Crippen molar-refractivity contribution in [2.24, 2.45) is 0 Å². The fourth-order valence-electron chi connectivity index (χ4n) is 9.38. The lowest BCUT2D eigenvalue weighted by molar-refractivity contribution is 0.590. The highest BCUT2D eigenvalue weighted by atomic mass is 28.3. The Morgan fingerprint density at radius 1 is 0.377 bits per heavy atom. The smallest absolute Gasteiger partial charge is 0.184 e. The molecule has 9 aromatic carbocycles. The number of nitrogens with zero attached hydrogens (tertiary/aromatic N) is 2. The molecule has 0 bridgehead atoms. The number of hydrogen-bond donors (Lipinski definition) is 0. The molecule has 0 saturated carbocycles. The van der Waals surface area contributed by atoms with E-state index in [2.05, 4.69) is 267 Å². The topological polar surface area (TPSA) is 6.48 Å². The summed E-state index contributed by atoms with van der Waals surface area (Å²) >= 11 is 0. The SMILES string of the molecule is CC(C)(C)c1ccc(N2c3ccc(N(c4ccccc4)c4ccccc4)cc3[Si](c3ccccc3)(c3ccccc3)c3cc(-c4ccccc4)c(-c4ccccc4)cc32)cc1. The van der Waals surface area contributed by atoms with Gasteiger partial charge in [-0.05, 0) is 115 Å². The van der Waals surface area contributed by atoms with E-state index in [-0.39, 0.29) is 5.41 Å². The van der Waals surface area contributed by atoms with Crippen LogP contribution in [-0.4, -0.2) is 8.07 Å². The molecular weight excluding hydrogens is 753 g/mol. The van der Waals surface area contributed by atoms with Crippen molar-refractivity contribution in [3.63, 3.8) is 0 Å². The van der Waals surface area contributed by atoms with E-state index in [1.54, 1.807) is 0 Å². The second kappa shape index (κ2) is 15.8. The third-order valence-electron chi connectivity index (χ3n) is 12.3. The summed E-state index contributed by atoms with van der Waals surface area (Å²) in [6, 6.07) is 87.8. The predicted octanol–water partition coefficient (Wildman–Crippen LogP) is 12.9. The van der Waals surface area contributed by atoms with Crippen molar-refractivity contribution >= 4 is 62.9 Å². The summed E-state index contributed by atoms with van der Waals surface area (Å²) in [6.07, 6.45) is 0. The van der Waals surface area contributed by atoms with Crippen molar-refractivity contribution in [2.75, 3.05) is 9.80 Å². The summed E-state index contributed by atoms with van der Waals surface area (Å²) in [6.45, 7) is 6.87. The summed E-state index contributed by atoms with van der Waals surface area (Å²) in [4.78, 5) is 4.95. The summed E-state index contributed by atoms with van der Waals surface area (Å²) in [7, 11) is -3.13. The van der Waals surface area contributed by atoms with Gasteiger partial charge in [-0.2, -0.15) is 0 Å².